The van der Waals surface area contributed by atoms with Gasteiger partial charge in [-0.2, -0.15) is 5.10 Å². The maximum atomic E-state index is 12.1. The van der Waals surface area contributed by atoms with Crippen molar-refractivity contribution in [3.8, 4) is 22.6 Å². The van der Waals surface area contributed by atoms with Gasteiger partial charge in [-0.3, -0.25) is 14.6 Å². The summed E-state index contributed by atoms with van der Waals surface area (Å²) < 4.78 is 26.1. The molecule has 0 aliphatic heterocycles. The van der Waals surface area contributed by atoms with E-state index in [2.05, 4.69) is 24.9 Å². The third-order valence-corrected chi connectivity index (χ3v) is 5.30. The number of nitrogens with two attached hydrogens (primary N) is 2. The summed E-state index contributed by atoms with van der Waals surface area (Å²) in [6.07, 6.45) is 2.68. The highest BCUT2D eigenvalue weighted by Crippen LogP contribution is 2.36. The number of aromatic amines is 1. The molecule has 0 bridgehead atoms. The van der Waals surface area contributed by atoms with Crippen molar-refractivity contribution in [3.05, 3.63) is 53.9 Å². The fourth-order valence-corrected chi connectivity index (χ4v) is 3.95. The van der Waals surface area contributed by atoms with Crippen LogP contribution < -0.4 is 16.2 Å². The van der Waals surface area contributed by atoms with Gasteiger partial charge in [0, 0.05) is 16.5 Å². The summed E-state index contributed by atoms with van der Waals surface area (Å²) in [5.41, 5.74) is 14.9. The van der Waals surface area contributed by atoms with Crippen LogP contribution in [0.3, 0.4) is 0 Å². The van der Waals surface area contributed by atoms with Gasteiger partial charge in [-0.15, -0.1) is 0 Å². The first-order valence-electron chi connectivity index (χ1n) is 9.13. The summed E-state index contributed by atoms with van der Waals surface area (Å²) in [7, 11) is -3.57. The highest BCUT2D eigenvalue weighted by molar-refractivity contribution is 7.92. The molecule has 4 rings (SSSR count). The van der Waals surface area contributed by atoms with Crippen LogP contribution in [0, 0.1) is 6.92 Å². The molecule has 2 heterocycles. The van der Waals surface area contributed by atoms with Crippen LogP contribution in [0.1, 0.15) is 16.1 Å². The largest absolute Gasteiger partial charge is 0.395 e. The zero-order valence-corrected chi connectivity index (χ0v) is 17.5. The van der Waals surface area contributed by atoms with Crippen LogP contribution in [0.4, 0.5) is 11.4 Å². The number of carbonyl (C=O) groups is 1. The maximum absolute atomic E-state index is 12.1. The Morgan fingerprint density at radius 1 is 1.13 bits per heavy atom. The topological polar surface area (TPSA) is 170 Å². The number of rotatable bonds is 5. The Morgan fingerprint density at radius 2 is 1.87 bits per heavy atom. The number of primary amides is 1. The number of benzene rings is 2. The van der Waals surface area contributed by atoms with Gasteiger partial charge in [0.2, 0.25) is 10.0 Å². The summed E-state index contributed by atoms with van der Waals surface area (Å²) in [6.45, 7) is 1.88. The van der Waals surface area contributed by atoms with Crippen LogP contribution >= 0.6 is 0 Å². The predicted molar refractivity (Wildman–Crippen MR) is 119 cm³/mol. The lowest BCUT2D eigenvalue weighted by Gasteiger charge is -2.15. The van der Waals surface area contributed by atoms with Crippen molar-refractivity contribution in [3.63, 3.8) is 0 Å². The van der Waals surface area contributed by atoms with E-state index in [0.29, 0.717) is 16.8 Å². The first-order valence-corrected chi connectivity index (χ1v) is 11.0. The monoisotopic (exact) mass is 437 g/mol. The molecule has 0 spiro atoms. The molecule has 1 amide bonds. The smallest absolute Gasteiger partial charge is 0.269 e. The molecule has 0 fully saturated rings. The molecule has 11 heteroatoms. The molecular weight excluding hydrogens is 418 g/mol. The lowest BCUT2D eigenvalue weighted by molar-refractivity contribution is 0.0996. The molecule has 4 aromatic rings. The summed E-state index contributed by atoms with van der Waals surface area (Å²) in [4.78, 5) is 21.0. The Labute approximate surface area is 177 Å². The zero-order chi connectivity index (χ0) is 22.3. The second-order valence-electron chi connectivity index (χ2n) is 7.03. The Hall–Kier alpha value is -3.99. The Balaban J connectivity index is 2.04. The van der Waals surface area contributed by atoms with E-state index >= 15 is 0 Å². The fourth-order valence-electron chi connectivity index (χ4n) is 3.38. The van der Waals surface area contributed by atoms with Crippen LogP contribution in [0.5, 0.6) is 0 Å². The number of anilines is 2. The lowest BCUT2D eigenvalue weighted by atomic mass is 9.99. The van der Waals surface area contributed by atoms with Gasteiger partial charge < -0.3 is 11.5 Å². The molecule has 2 aromatic heterocycles. The molecule has 0 radical (unpaired) electrons. The van der Waals surface area contributed by atoms with Gasteiger partial charge in [-0.1, -0.05) is 18.2 Å². The molecule has 0 aliphatic carbocycles. The van der Waals surface area contributed by atoms with Gasteiger partial charge in [-0.25, -0.2) is 18.4 Å². The zero-order valence-electron chi connectivity index (χ0n) is 16.7. The van der Waals surface area contributed by atoms with Gasteiger partial charge in [0.15, 0.2) is 11.5 Å². The van der Waals surface area contributed by atoms with E-state index in [9.17, 15) is 13.2 Å². The van der Waals surface area contributed by atoms with Gasteiger partial charge in [0.1, 0.15) is 0 Å². The number of nitrogens with one attached hydrogen (secondary N) is 2. The number of aryl methyl sites for hydroxylation is 1. The number of nitrogens with zero attached hydrogens (tertiary/aromatic N) is 3. The number of sulfonamides is 1. The Bertz CT molecular complexity index is 1440. The second kappa shape index (κ2) is 7.36. The van der Waals surface area contributed by atoms with Crippen molar-refractivity contribution in [1.29, 1.82) is 0 Å². The van der Waals surface area contributed by atoms with Gasteiger partial charge >= 0.3 is 0 Å². The maximum Gasteiger partial charge on any atom is 0.269 e. The molecule has 158 valence electrons. The minimum atomic E-state index is -3.57. The number of hydrogen-bond donors (Lipinski definition) is 4. The molecule has 31 heavy (non-hydrogen) atoms. The van der Waals surface area contributed by atoms with Crippen LogP contribution in [0.25, 0.3) is 33.5 Å². The van der Waals surface area contributed by atoms with Crippen LogP contribution in [-0.2, 0) is 10.0 Å². The highest BCUT2D eigenvalue weighted by Gasteiger charge is 2.22. The summed E-state index contributed by atoms with van der Waals surface area (Å²) in [6, 6.07) is 10.3. The first kappa shape index (κ1) is 20.3. The minimum absolute atomic E-state index is 0.0293. The van der Waals surface area contributed by atoms with Gasteiger partial charge in [-0.05, 0) is 30.7 Å². The van der Waals surface area contributed by atoms with E-state index in [1.807, 2.05) is 19.1 Å². The highest BCUT2D eigenvalue weighted by atomic mass is 32.2. The average molecular weight is 437 g/mol. The number of nitrogen functional groups attached to an aromatic ring is 1. The Kier molecular flexibility index (Phi) is 4.82. The number of aromatic nitrogens is 4. The van der Waals surface area contributed by atoms with Gasteiger partial charge in [0.05, 0.1) is 35.0 Å². The van der Waals surface area contributed by atoms with Gasteiger partial charge in [0.25, 0.3) is 5.91 Å². The van der Waals surface area contributed by atoms with Crippen molar-refractivity contribution >= 4 is 38.2 Å². The summed E-state index contributed by atoms with van der Waals surface area (Å²) in [5, 5.41) is 7.72. The minimum Gasteiger partial charge on any atom is -0.395 e. The number of para-hydroxylation sites is 1. The van der Waals surface area contributed by atoms with E-state index < -0.39 is 15.9 Å². The molecule has 0 aliphatic rings. The Morgan fingerprint density at radius 3 is 2.58 bits per heavy atom. The number of amides is 1. The number of fused-ring (bicyclic) bond motifs is 1. The second-order valence-corrected chi connectivity index (χ2v) is 8.78. The molecular formula is C20H19N7O3S. The number of H-pyrrole nitrogens is 1. The van der Waals surface area contributed by atoms with Crippen molar-refractivity contribution in [2.75, 3.05) is 16.7 Å². The van der Waals surface area contributed by atoms with Crippen LogP contribution in [0.2, 0.25) is 0 Å². The van der Waals surface area contributed by atoms with Crippen LogP contribution in [0.15, 0.2) is 42.6 Å². The summed E-state index contributed by atoms with van der Waals surface area (Å²) >= 11 is 0. The average Bonchev–Trinajstić information content (AvgIpc) is 3.16. The van der Waals surface area contributed by atoms with E-state index in [0.717, 1.165) is 22.7 Å². The van der Waals surface area contributed by atoms with E-state index in [1.165, 1.54) is 0 Å². The van der Waals surface area contributed by atoms with Crippen LogP contribution in [-0.4, -0.2) is 40.7 Å². The van der Waals surface area contributed by atoms with E-state index in [1.54, 1.807) is 30.5 Å². The third kappa shape index (κ3) is 3.78. The predicted octanol–water partition coefficient (Wildman–Crippen LogP) is 2.05. The summed E-state index contributed by atoms with van der Waals surface area (Å²) in [5.74, 6) is -0.724. The first-order chi connectivity index (χ1) is 14.7. The van der Waals surface area contributed by atoms with E-state index in [-0.39, 0.29) is 22.9 Å². The van der Waals surface area contributed by atoms with E-state index in [4.69, 9.17) is 11.5 Å². The quantitative estimate of drug-likeness (QED) is 0.370. The number of carbonyl (C=O) groups excluding carboxylic acids is 1. The standard InChI is InChI=1S/C20H19N7O3S/c1-10-7-8-13-12(9-23-26-13)15(10)17-16(21)18(19(22)28)25-20(24-17)11-5-3-4-6-14(11)27-31(2,29)30/h3-9,27H,21H2,1-2H3,(H2,22,28)(H,23,26). The lowest BCUT2D eigenvalue weighted by Crippen LogP contribution is -2.18. The van der Waals surface area contributed by atoms with Crippen molar-refractivity contribution in [2.24, 2.45) is 5.73 Å². The molecule has 0 unspecified atom stereocenters. The molecule has 6 N–H and O–H groups in total. The SMILES string of the molecule is Cc1ccc2[nH]ncc2c1-c1nc(-c2ccccc2NS(C)(=O)=O)nc(C(N)=O)c1N. The molecule has 10 nitrogen and oxygen atoms in total. The molecule has 2 aromatic carbocycles. The van der Waals surface area contributed by atoms with Crippen molar-refractivity contribution in [1.82, 2.24) is 20.2 Å². The molecule has 0 atom stereocenters. The number of hydrogen-bond acceptors (Lipinski definition) is 7. The van der Waals surface area contributed by atoms with Crippen molar-refractivity contribution in [2.45, 2.75) is 6.92 Å². The molecule has 0 saturated heterocycles. The third-order valence-electron chi connectivity index (χ3n) is 4.71. The molecule has 0 saturated carbocycles. The van der Waals surface area contributed by atoms with Crippen molar-refractivity contribution < 1.29 is 13.2 Å². The normalized spacial score (nSPS) is 11.5. The fraction of sp³-hybridized carbons (Fsp3) is 0.100.